The topological polar surface area (TPSA) is 71.3 Å². The fourth-order valence-electron chi connectivity index (χ4n) is 1.14. The van der Waals surface area contributed by atoms with Gasteiger partial charge in [-0.15, -0.1) is 0 Å². The second-order valence-corrected chi connectivity index (χ2v) is 5.14. The van der Waals surface area contributed by atoms with E-state index >= 15 is 0 Å². The van der Waals surface area contributed by atoms with Crippen LogP contribution in [0, 0.1) is 0 Å². The maximum atomic E-state index is 11.9. The molecule has 0 aromatic carbocycles. The molecule has 1 aromatic rings. The monoisotopic (exact) mass is 272 g/mol. The van der Waals surface area contributed by atoms with E-state index < -0.39 is 29.4 Å². The van der Waals surface area contributed by atoms with Crippen LogP contribution in [0.4, 0.5) is 13.2 Å². The van der Waals surface area contributed by atoms with E-state index in [1.54, 1.807) is 0 Å². The first-order valence-electron chi connectivity index (χ1n) is 4.48. The van der Waals surface area contributed by atoms with Crippen LogP contribution in [0.3, 0.4) is 0 Å². The molecule has 0 spiro atoms. The Balaban J connectivity index is 2.90. The van der Waals surface area contributed by atoms with Crippen molar-refractivity contribution in [1.82, 2.24) is 9.29 Å². The van der Waals surface area contributed by atoms with Crippen molar-refractivity contribution in [3.63, 3.8) is 0 Å². The van der Waals surface area contributed by atoms with E-state index in [0.717, 1.165) is 12.3 Å². The Bertz CT molecular complexity index is 493. The normalized spacial score (nSPS) is 13.0. The van der Waals surface area contributed by atoms with Gasteiger partial charge in [0.2, 0.25) is 10.0 Å². The summed E-state index contributed by atoms with van der Waals surface area (Å²) in [6, 6.07) is 1.11. The van der Waals surface area contributed by atoms with Gasteiger partial charge in [0, 0.05) is 18.9 Å². The second kappa shape index (κ2) is 4.67. The van der Waals surface area contributed by atoms with E-state index in [1.165, 1.54) is 16.3 Å². The highest BCUT2D eigenvalue weighted by atomic mass is 32.2. The minimum atomic E-state index is -4.61. The van der Waals surface area contributed by atoms with E-state index in [1.807, 2.05) is 0 Å². The zero-order valence-electron chi connectivity index (χ0n) is 8.82. The molecule has 5 nitrogen and oxygen atoms in total. The summed E-state index contributed by atoms with van der Waals surface area (Å²) < 4.78 is 61.3. The molecule has 0 fully saturated rings. The Morgan fingerprint density at radius 1 is 1.47 bits per heavy atom. The number of aryl methyl sites for hydroxylation is 1. The highest BCUT2D eigenvalue weighted by Crippen LogP contribution is 2.16. The molecule has 2 N–H and O–H groups in total. The standard InChI is InChI=1S/C8H11F3N2O3S/c1-13-3-7(2-6(13)4-14)17(15,16)12-5-8(9,10)11/h2-3,12,14H,4-5H2,1H3. The van der Waals surface area contributed by atoms with Crippen molar-refractivity contribution in [3.8, 4) is 0 Å². The minimum Gasteiger partial charge on any atom is -0.390 e. The summed E-state index contributed by atoms with van der Waals surface area (Å²) in [6.45, 7) is -2.02. The van der Waals surface area contributed by atoms with Crippen molar-refractivity contribution >= 4 is 10.0 Å². The smallest absolute Gasteiger partial charge is 0.390 e. The first kappa shape index (κ1) is 14.0. The lowest BCUT2D eigenvalue weighted by Gasteiger charge is -2.07. The summed E-state index contributed by atoms with van der Waals surface area (Å²) in [4.78, 5) is -0.312. The van der Waals surface area contributed by atoms with Crippen molar-refractivity contribution in [2.45, 2.75) is 17.7 Å². The SMILES string of the molecule is Cn1cc(S(=O)(=O)NCC(F)(F)F)cc1CO. The van der Waals surface area contributed by atoms with Crippen LogP contribution in [0.5, 0.6) is 0 Å². The van der Waals surface area contributed by atoms with Gasteiger partial charge in [-0.2, -0.15) is 13.2 Å². The first-order valence-corrected chi connectivity index (χ1v) is 5.96. The molecule has 0 radical (unpaired) electrons. The minimum absolute atomic E-state index is 0.289. The molecule has 0 saturated heterocycles. The zero-order valence-corrected chi connectivity index (χ0v) is 9.64. The molecule has 98 valence electrons. The van der Waals surface area contributed by atoms with Crippen molar-refractivity contribution in [2.24, 2.45) is 7.05 Å². The average molecular weight is 272 g/mol. The highest BCUT2D eigenvalue weighted by Gasteiger charge is 2.30. The maximum absolute atomic E-state index is 11.9. The van der Waals surface area contributed by atoms with Crippen LogP contribution in [-0.4, -0.2) is 30.8 Å². The lowest BCUT2D eigenvalue weighted by molar-refractivity contribution is -0.121. The molecule has 0 atom stereocenters. The van der Waals surface area contributed by atoms with Crippen molar-refractivity contribution in [1.29, 1.82) is 0 Å². The van der Waals surface area contributed by atoms with Crippen molar-refractivity contribution in [3.05, 3.63) is 18.0 Å². The van der Waals surface area contributed by atoms with Crippen LogP contribution in [0.25, 0.3) is 0 Å². The molecule has 0 aliphatic heterocycles. The average Bonchev–Trinajstić information content (AvgIpc) is 2.56. The van der Waals surface area contributed by atoms with Crippen molar-refractivity contribution < 1.29 is 26.7 Å². The maximum Gasteiger partial charge on any atom is 0.402 e. The predicted octanol–water partition coefficient (Wildman–Crippen LogP) is 0.358. The predicted molar refractivity (Wildman–Crippen MR) is 52.6 cm³/mol. The molecule has 0 aliphatic rings. The van der Waals surface area contributed by atoms with Gasteiger partial charge >= 0.3 is 6.18 Å². The lowest BCUT2D eigenvalue weighted by Crippen LogP contribution is -2.33. The van der Waals surface area contributed by atoms with Crippen LogP contribution in [0.1, 0.15) is 5.69 Å². The molecule has 1 heterocycles. The fraction of sp³-hybridized carbons (Fsp3) is 0.500. The van der Waals surface area contributed by atoms with Crippen LogP contribution in [0.2, 0.25) is 0 Å². The van der Waals surface area contributed by atoms with Gasteiger partial charge in [0.1, 0.15) is 6.54 Å². The number of alkyl halides is 3. The molecular formula is C8H11F3N2O3S. The van der Waals surface area contributed by atoms with Gasteiger partial charge in [-0.25, -0.2) is 13.1 Å². The van der Waals surface area contributed by atoms with Gasteiger partial charge in [-0.1, -0.05) is 0 Å². The molecular weight excluding hydrogens is 261 g/mol. The fourth-order valence-corrected chi connectivity index (χ4v) is 2.25. The van der Waals surface area contributed by atoms with E-state index in [9.17, 15) is 21.6 Å². The summed E-state index contributed by atoms with van der Waals surface area (Å²) in [7, 11) is -2.73. The number of halogens is 3. The Labute approximate surface area is 95.9 Å². The number of nitrogens with one attached hydrogen (secondary N) is 1. The molecule has 0 bridgehead atoms. The van der Waals surface area contributed by atoms with Crippen LogP contribution < -0.4 is 4.72 Å². The highest BCUT2D eigenvalue weighted by molar-refractivity contribution is 7.89. The second-order valence-electron chi connectivity index (χ2n) is 3.38. The van der Waals surface area contributed by atoms with Crippen LogP contribution in [0.15, 0.2) is 17.2 Å². The number of hydrogen-bond donors (Lipinski definition) is 2. The molecule has 0 unspecified atom stereocenters. The number of rotatable bonds is 4. The number of hydrogen-bond acceptors (Lipinski definition) is 3. The van der Waals surface area contributed by atoms with Crippen LogP contribution >= 0.6 is 0 Å². The summed E-state index contributed by atoms with van der Waals surface area (Å²) in [5, 5.41) is 8.84. The lowest BCUT2D eigenvalue weighted by atomic mass is 10.5. The van der Waals surface area contributed by atoms with Gasteiger partial charge in [-0.3, -0.25) is 0 Å². The molecule has 0 aliphatic carbocycles. The Hall–Kier alpha value is -1.06. The van der Waals surface area contributed by atoms with Gasteiger partial charge in [0.05, 0.1) is 11.5 Å². The summed E-state index contributed by atoms with van der Waals surface area (Å²) in [5.41, 5.74) is 0.289. The van der Waals surface area contributed by atoms with Crippen molar-refractivity contribution in [2.75, 3.05) is 6.54 Å². The summed E-state index contributed by atoms with van der Waals surface area (Å²) in [5.74, 6) is 0. The van der Waals surface area contributed by atoms with E-state index in [-0.39, 0.29) is 10.6 Å². The summed E-state index contributed by atoms with van der Waals surface area (Å²) in [6.07, 6.45) is -3.48. The number of sulfonamides is 1. The number of aliphatic hydroxyl groups is 1. The molecule has 1 rings (SSSR count). The largest absolute Gasteiger partial charge is 0.402 e. The van der Waals surface area contributed by atoms with Gasteiger partial charge in [-0.05, 0) is 6.07 Å². The van der Waals surface area contributed by atoms with E-state index in [2.05, 4.69) is 0 Å². The van der Waals surface area contributed by atoms with Gasteiger partial charge in [0.15, 0.2) is 0 Å². The molecule has 9 heteroatoms. The van der Waals surface area contributed by atoms with Gasteiger partial charge < -0.3 is 9.67 Å². The summed E-state index contributed by atoms with van der Waals surface area (Å²) >= 11 is 0. The molecule has 1 aromatic heterocycles. The first-order chi connectivity index (χ1) is 7.65. The third kappa shape index (κ3) is 3.72. The molecule has 0 amide bonds. The van der Waals surface area contributed by atoms with E-state index in [4.69, 9.17) is 5.11 Å². The number of nitrogens with zero attached hydrogens (tertiary/aromatic N) is 1. The zero-order chi connectivity index (χ0) is 13.3. The quantitative estimate of drug-likeness (QED) is 0.831. The third-order valence-electron chi connectivity index (χ3n) is 2.02. The van der Waals surface area contributed by atoms with Gasteiger partial charge in [0.25, 0.3) is 0 Å². The molecule has 0 saturated carbocycles. The number of aliphatic hydroxyl groups excluding tert-OH is 1. The Kier molecular flexibility index (Phi) is 3.84. The Morgan fingerprint density at radius 3 is 2.47 bits per heavy atom. The molecule has 17 heavy (non-hydrogen) atoms. The number of aromatic nitrogens is 1. The van der Waals surface area contributed by atoms with Crippen LogP contribution in [-0.2, 0) is 23.7 Å². The third-order valence-corrected chi connectivity index (χ3v) is 3.39. The van der Waals surface area contributed by atoms with E-state index in [0.29, 0.717) is 0 Å². The Morgan fingerprint density at radius 2 is 2.06 bits per heavy atom.